The molecular formula is C67H110O6. The molecule has 414 valence electrons. The lowest BCUT2D eigenvalue weighted by atomic mass is 10.0. The van der Waals surface area contributed by atoms with Gasteiger partial charge in [0.05, 0.1) is 6.42 Å². The molecule has 1 atom stereocenters. The third-order valence-electron chi connectivity index (χ3n) is 12.5. The molecule has 0 aliphatic rings. The van der Waals surface area contributed by atoms with Gasteiger partial charge in [-0.05, 0) is 109 Å². The van der Waals surface area contributed by atoms with Crippen LogP contribution in [0.15, 0.2) is 122 Å². The normalized spacial score (nSPS) is 13.0. The fraction of sp³-hybridized carbons (Fsp3) is 0.657. The van der Waals surface area contributed by atoms with Crippen molar-refractivity contribution in [2.24, 2.45) is 0 Å². The minimum atomic E-state index is -0.840. The molecule has 0 aromatic heterocycles. The lowest BCUT2D eigenvalue weighted by Gasteiger charge is -2.18. The van der Waals surface area contributed by atoms with Gasteiger partial charge in [0.2, 0.25) is 0 Å². The third-order valence-corrected chi connectivity index (χ3v) is 12.5. The number of allylic oxidation sites excluding steroid dienone is 19. The van der Waals surface area contributed by atoms with Crippen molar-refractivity contribution < 1.29 is 28.6 Å². The number of rotatable bonds is 53. The molecule has 0 amide bonds. The minimum Gasteiger partial charge on any atom is -0.462 e. The highest BCUT2D eigenvalue weighted by Crippen LogP contribution is 2.15. The molecule has 0 heterocycles. The van der Waals surface area contributed by atoms with Gasteiger partial charge in [-0.3, -0.25) is 14.4 Å². The number of carbonyl (C=O) groups excluding carboxylic acids is 3. The highest BCUT2D eigenvalue weighted by Gasteiger charge is 2.19. The van der Waals surface area contributed by atoms with E-state index in [9.17, 15) is 14.4 Å². The average molecular weight is 1010 g/mol. The van der Waals surface area contributed by atoms with Crippen molar-refractivity contribution in [3.8, 4) is 0 Å². The maximum absolute atomic E-state index is 12.8. The van der Waals surface area contributed by atoms with Crippen LogP contribution in [-0.2, 0) is 28.6 Å². The minimum absolute atomic E-state index is 0.0919. The Labute approximate surface area is 450 Å². The van der Waals surface area contributed by atoms with E-state index in [2.05, 4.69) is 130 Å². The molecule has 0 rings (SSSR count). The molecule has 0 fully saturated rings. The van der Waals surface area contributed by atoms with Crippen LogP contribution < -0.4 is 0 Å². The monoisotopic (exact) mass is 1010 g/mol. The number of carbonyl (C=O) groups is 3. The molecule has 6 heteroatoms. The smallest absolute Gasteiger partial charge is 0.310 e. The summed E-state index contributed by atoms with van der Waals surface area (Å²) in [5, 5.41) is 0. The second kappa shape index (κ2) is 60.4. The Morgan fingerprint density at radius 3 is 0.918 bits per heavy atom. The number of esters is 3. The number of hydrogen-bond acceptors (Lipinski definition) is 6. The van der Waals surface area contributed by atoms with E-state index in [1.54, 1.807) is 6.08 Å². The summed E-state index contributed by atoms with van der Waals surface area (Å²) in [5.41, 5.74) is 0. The summed E-state index contributed by atoms with van der Waals surface area (Å²) in [7, 11) is 0. The van der Waals surface area contributed by atoms with Crippen molar-refractivity contribution >= 4 is 17.9 Å². The average Bonchev–Trinajstić information content (AvgIpc) is 3.39. The lowest BCUT2D eigenvalue weighted by molar-refractivity contribution is -0.166. The predicted molar refractivity (Wildman–Crippen MR) is 316 cm³/mol. The van der Waals surface area contributed by atoms with Gasteiger partial charge in [-0.25, -0.2) is 0 Å². The summed E-state index contributed by atoms with van der Waals surface area (Å²) < 4.78 is 16.8. The summed E-state index contributed by atoms with van der Waals surface area (Å²) in [6, 6.07) is 0. The van der Waals surface area contributed by atoms with E-state index < -0.39 is 12.1 Å². The van der Waals surface area contributed by atoms with Gasteiger partial charge in [0.1, 0.15) is 13.2 Å². The second-order valence-electron chi connectivity index (χ2n) is 19.5. The van der Waals surface area contributed by atoms with Crippen molar-refractivity contribution in [3.63, 3.8) is 0 Å². The number of unbranched alkanes of at least 4 members (excludes halogenated alkanes) is 23. The first-order valence-corrected chi connectivity index (χ1v) is 30.0. The third kappa shape index (κ3) is 58.6. The molecule has 0 spiro atoms. The molecule has 0 N–H and O–H groups in total. The van der Waals surface area contributed by atoms with Crippen LogP contribution >= 0.6 is 0 Å². The lowest BCUT2D eigenvalue weighted by Crippen LogP contribution is -2.30. The second-order valence-corrected chi connectivity index (χ2v) is 19.5. The molecule has 0 aromatic carbocycles. The van der Waals surface area contributed by atoms with Crippen LogP contribution in [0, 0.1) is 0 Å². The highest BCUT2D eigenvalue weighted by atomic mass is 16.6. The molecule has 0 aliphatic heterocycles. The van der Waals surface area contributed by atoms with E-state index in [1.165, 1.54) is 116 Å². The Hall–Kier alpha value is -4.19. The van der Waals surface area contributed by atoms with Gasteiger partial charge in [-0.2, -0.15) is 0 Å². The van der Waals surface area contributed by atoms with Crippen molar-refractivity contribution in [3.05, 3.63) is 122 Å². The maximum Gasteiger partial charge on any atom is 0.310 e. The van der Waals surface area contributed by atoms with E-state index in [4.69, 9.17) is 14.2 Å². The molecule has 0 radical (unpaired) electrons. The van der Waals surface area contributed by atoms with E-state index in [0.717, 1.165) is 109 Å². The zero-order valence-electron chi connectivity index (χ0n) is 47.4. The predicted octanol–water partition coefficient (Wildman–Crippen LogP) is 20.4. The fourth-order valence-corrected chi connectivity index (χ4v) is 8.03. The van der Waals surface area contributed by atoms with Crippen LogP contribution in [0.1, 0.15) is 265 Å². The molecule has 0 saturated heterocycles. The molecule has 0 bridgehead atoms. The zero-order valence-corrected chi connectivity index (χ0v) is 47.4. The first-order chi connectivity index (χ1) is 36.0. The molecule has 6 nitrogen and oxygen atoms in total. The molecule has 0 saturated carbocycles. The summed E-state index contributed by atoms with van der Waals surface area (Å²) in [5.74, 6) is -1.06. The maximum atomic E-state index is 12.8. The largest absolute Gasteiger partial charge is 0.462 e. The van der Waals surface area contributed by atoms with Gasteiger partial charge in [0.25, 0.3) is 0 Å². The van der Waals surface area contributed by atoms with Crippen LogP contribution in [0.4, 0.5) is 0 Å². The van der Waals surface area contributed by atoms with E-state index in [-0.39, 0.29) is 31.6 Å². The summed E-state index contributed by atoms with van der Waals surface area (Å²) in [4.78, 5) is 38.1. The van der Waals surface area contributed by atoms with Gasteiger partial charge in [-0.15, -0.1) is 0 Å². The standard InChI is InChI=1S/C67H110O6/c1-4-7-10-13-16-19-22-25-28-29-30-31-32-33-34-35-36-37-40-42-45-48-51-54-57-60-66(69)72-63-64(73-67(70)61-58-55-52-49-46-43-39-27-24-21-18-15-12-9-6-3)62-71-65(68)59-56-53-50-47-44-41-38-26-23-20-17-14-11-8-5-2/h7,9-10,12,16,18-19,21,25-28,30-31,38-39,46,49,55,58,64H,4-6,8,11,13-15,17,20,22-24,29,32-37,40-45,47-48,50-54,56-57,59-63H2,1-3H3/b10-7-,12-9-,19-16-,21-18-,28-25-,31-30-,38-26-,39-27-,49-46-,58-55-. The molecule has 0 aromatic rings. The Morgan fingerprint density at radius 1 is 0.301 bits per heavy atom. The molecule has 73 heavy (non-hydrogen) atoms. The Bertz CT molecular complexity index is 1540. The summed E-state index contributed by atoms with van der Waals surface area (Å²) >= 11 is 0. The van der Waals surface area contributed by atoms with Crippen LogP contribution in [0.5, 0.6) is 0 Å². The highest BCUT2D eigenvalue weighted by molar-refractivity contribution is 5.72. The zero-order chi connectivity index (χ0) is 52.9. The molecular weight excluding hydrogens is 901 g/mol. The Balaban J connectivity index is 4.41. The number of ether oxygens (including phenoxy) is 3. The van der Waals surface area contributed by atoms with Gasteiger partial charge in [0, 0.05) is 12.8 Å². The molecule has 0 aliphatic carbocycles. The van der Waals surface area contributed by atoms with Gasteiger partial charge in [0.15, 0.2) is 6.10 Å². The van der Waals surface area contributed by atoms with Gasteiger partial charge in [-0.1, -0.05) is 258 Å². The van der Waals surface area contributed by atoms with Crippen molar-refractivity contribution in [2.45, 2.75) is 271 Å². The van der Waals surface area contributed by atoms with Crippen LogP contribution in [0.25, 0.3) is 0 Å². The topological polar surface area (TPSA) is 78.9 Å². The first kappa shape index (κ1) is 68.8. The fourth-order valence-electron chi connectivity index (χ4n) is 8.03. The number of hydrogen-bond donors (Lipinski definition) is 0. The van der Waals surface area contributed by atoms with Crippen LogP contribution in [-0.4, -0.2) is 37.2 Å². The van der Waals surface area contributed by atoms with E-state index in [0.29, 0.717) is 12.8 Å². The van der Waals surface area contributed by atoms with Crippen LogP contribution in [0.2, 0.25) is 0 Å². The Kier molecular flexibility index (Phi) is 56.9. The van der Waals surface area contributed by atoms with E-state index >= 15 is 0 Å². The SMILES string of the molecule is CC/C=C\C/C=C\C/C=C\C/C=C\C/C=C\CC(=O)OC(COC(=O)CCCCCCC/C=C\CCCCCCCC)COC(=O)CCCCCCCCCCCCCC/C=C\C/C=C\C/C=C\C/C=C\CC. The van der Waals surface area contributed by atoms with Crippen molar-refractivity contribution in [1.82, 2.24) is 0 Å². The van der Waals surface area contributed by atoms with Crippen molar-refractivity contribution in [2.75, 3.05) is 13.2 Å². The summed E-state index contributed by atoms with van der Waals surface area (Å²) in [6.07, 6.45) is 83.7. The van der Waals surface area contributed by atoms with E-state index in [1.807, 2.05) is 6.08 Å². The Morgan fingerprint density at radius 2 is 0.575 bits per heavy atom. The quantitative estimate of drug-likeness (QED) is 0.0261. The summed E-state index contributed by atoms with van der Waals surface area (Å²) in [6.45, 7) is 6.32. The molecule has 1 unspecified atom stereocenters. The van der Waals surface area contributed by atoms with Crippen molar-refractivity contribution in [1.29, 1.82) is 0 Å². The first-order valence-electron chi connectivity index (χ1n) is 30.0. The van der Waals surface area contributed by atoms with Crippen LogP contribution in [0.3, 0.4) is 0 Å². The van der Waals surface area contributed by atoms with Gasteiger partial charge >= 0.3 is 17.9 Å². The van der Waals surface area contributed by atoms with Gasteiger partial charge < -0.3 is 14.2 Å².